The summed E-state index contributed by atoms with van der Waals surface area (Å²) in [5.74, 6) is -2.12. The van der Waals surface area contributed by atoms with Gasteiger partial charge in [0.05, 0.1) is 0 Å². The van der Waals surface area contributed by atoms with E-state index in [0.717, 1.165) is 5.56 Å². The molecule has 0 N–H and O–H groups in total. The van der Waals surface area contributed by atoms with E-state index in [9.17, 15) is 14.7 Å². The molecule has 4 nitrogen and oxygen atoms in total. The number of benzene rings is 1. The fourth-order valence-electron chi connectivity index (χ4n) is 1.99. The lowest BCUT2D eigenvalue weighted by Gasteiger charge is -2.20. The van der Waals surface area contributed by atoms with Crippen LogP contribution in [0, 0.1) is 12.8 Å². The fourth-order valence-corrected chi connectivity index (χ4v) is 2.16. The molecule has 1 aromatic carbocycles. The second-order valence-electron chi connectivity index (χ2n) is 4.11. The van der Waals surface area contributed by atoms with Gasteiger partial charge in [-0.1, -0.05) is 17.7 Å². The van der Waals surface area contributed by atoms with E-state index in [1.165, 1.54) is 4.90 Å². The number of rotatable bonds is 2. The summed E-state index contributed by atoms with van der Waals surface area (Å²) < 4.78 is 0. The second-order valence-corrected chi connectivity index (χ2v) is 4.52. The first-order chi connectivity index (χ1) is 8.00. The number of hydrogen-bond acceptors (Lipinski definition) is 3. The maximum Gasteiger partial charge on any atom is 0.227 e. The average molecular weight is 253 g/mol. The van der Waals surface area contributed by atoms with Crippen molar-refractivity contribution in [3.63, 3.8) is 0 Å². The molecule has 1 aliphatic rings. The van der Waals surface area contributed by atoms with E-state index in [2.05, 4.69) is 0 Å². The molecular formula is C12H11ClNO3-. The third kappa shape index (κ3) is 2.13. The summed E-state index contributed by atoms with van der Waals surface area (Å²) in [5, 5.41) is 11.3. The number of halogens is 1. The Bertz CT molecular complexity index is 487. The lowest BCUT2D eigenvalue weighted by atomic mass is 10.1. The SMILES string of the molecule is Cc1c(Cl)cccc1N1C[C@@H](C(=O)[O-])CC1=O. The van der Waals surface area contributed by atoms with Crippen LogP contribution in [0.5, 0.6) is 0 Å². The smallest absolute Gasteiger partial charge is 0.227 e. The van der Waals surface area contributed by atoms with Crippen LogP contribution >= 0.6 is 11.6 Å². The standard InChI is InChI=1S/C12H12ClNO3/c1-7-9(13)3-2-4-10(7)14-6-8(12(16)17)5-11(14)15/h2-4,8H,5-6H2,1H3,(H,16,17)/p-1/t8-/m0/s1. The summed E-state index contributed by atoms with van der Waals surface area (Å²) in [5.41, 5.74) is 1.45. The number of aliphatic carboxylic acids is 1. The van der Waals surface area contributed by atoms with Crippen molar-refractivity contribution >= 4 is 29.2 Å². The molecule has 0 unspecified atom stereocenters. The number of carboxylic acid groups (broad SMARTS) is 1. The third-order valence-corrected chi connectivity index (χ3v) is 3.40. The highest BCUT2D eigenvalue weighted by molar-refractivity contribution is 6.31. The van der Waals surface area contributed by atoms with Gasteiger partial charge in [0.2, 0.25) is 5.91 Å². The maximum absolute atomic E-state index is 11.7. The maximum atomic E-state index is 11.7. The topological polar surface area (TPSA) is 60.4 Å². The largest absolute Gasteiger partial charge is 0.550 e. The zero-order valence-corrected chi connectivity index (χ0v) is 10.0. The van der Waals surface area contributed by atoms with Crippen molar-refractivity contribution in [2.24, 2.45) is 5.92 Å². The number of carboxylic acids is 1. The molecule has 0 spiro atoms. The molecule has 1 fully saturated rings. The Morgan fingerprint density at radius 1 is 1.53 bits per heavy atom. The van der Waals surface area contributed by atoms with Crippen molar-refractivity contribution in [2.75, 3.05) is 11.4 Å². The van der Waals surface area contributed by atoms with Gasteiger partial charge in [-0.25, -0.2) is 0 Å². The van der Waals surface area contributed by atoms with Crippen molar-refractivity contribution in [2.45, 2.75) is 13.3 Å². The van der Waals surface area contributed by atoms with Gasteiger partial charge in [0.25, 0.3) is 0 Å². The van der Waals surface area contributed by atoms with Crippen molar-refractivity contribution in [1.29, 1.82) is 0 Å². The lowest BCUT2D eigenvalue weighted by molar-refractivity contribution is -0.310. The molecule has 0 radical (unpaired) electrons. The highest BCUT2D eigenvalue weighted by Gasteiger charge is 2.32. The van der Waals surface area contributed by atoms with Crippen LogP contribution in [0.4, 0.5) is 5.69 Å². The molecule has 17 heavy (non-hydrogen) atoms. The van der Waals surface area contributed by atoms with E-state index in [4.69, 9.17) is 11.6 Å². The Kier molecular flexibility index (Phi) is 3.07. The highest BCUT2D eigenvalue weighted by atomic mass is 35.5. The predicted octanol–water partition coefficient (Wildman–Crippen LogP) is 0.751. The summed E-state index contributed by atoms with van der Waals surface area (Å²) in [7, 11) is 0. The number of hydrogen-bond donors (Lipinski definition) is 0. The van der Waals surface area contributed by atoms with Crippen molar-refractivity contribution in [1.82, 2.24) is 0 Å². The summed E-state index contributed by atoms with van der Waals surface area (Å²) in [4.78, 5) is 24.0. The molecule has 1 aromatic rings. The van der Waals surface area contributed by atoms with Crippen molar-refractivity contribution < 1.29 is 14.7 Å². The van der Waals surface area contributed by atoms with Crippen LogP contribution in [0.2, 0.25) is 5.02 Å². The molecule has 1 aliphatic heterocycles. The first-order valence-corrected chi connectivity index (χ1v) is 5.65. The van der Waals surface area contributed by atoms with Crippen LogP contribution in [0.3, 0.4) is 0 Å². The van der Waals surface area contributed by atoms with Crippen LogP contribution < -0.4 is 10.0 Å². The van der Waals surface area contributed by atoms with E-state index in [1.54, 1.807) is 25.1 Å². The van der Waals surface area contributed by atoms with E-state index < -0.39 is 11.9 Å². The summed E-state index contributed by atoms with van der Waals surface area (Å²) >= 11 is 5.97. The highest BCUT2D eigenvalue weighted by Crippen LogP contribution is 2.31. The van der Waals surface area contributed by atoms with Crippen LogP contribution in [0.25, 0.3) is 0 Å². The molecule has 2 rings (SSSR count). The Morgan fingerprint density at radius 3 is 2.82 bits per heavy atom. The van der Waals surface area contributed by atoms with Gasteiger partial charge in [-0.3, -0.25) is 4.79 Å². The molecule has 1 heterocycles. The third-order valence-electron chi connectivity index (χ3n) is 2.99. The summed E-state index contributed by atoms with van der Waals surface area (Å²) in [6.07, 6.45) is -0.00567. The molecule has 0 saturated carbocycles. The quantitative estimate of drug-likeness (QED) is 0.780. The number of anilines is 1. The van der Waals surface area contributed by atoms with Gasteiger partial charge < -0.3 is 14.8 Å². The summed E-state index contributed by atoms with van der Waals surface area (Å²) in [6.45, 7) is 1.96. The number of amides is 1. The zero-order chi connectivity index (χ0) is 12.6. The van der Waals surface area contributed by atoms with Gasteiger partial charge in [-0.15, -0.1) is 0 Å². The molecule has 90 valence electrons. The molecule has 0 aromatic heterocycles. The average Bonchev–Trinajstić information content (AvgIpc) is 2.65. The van der Waals surface area contributed by atoms with Crippen LogP contribution in [0.1, 0.15) is 12.0 Å². The molecular weight excluding hydrogens is 242 g/mol. The first kappa shape index (κ1) is 11.9. The molecule has 1 saturated heterocycles. The zero-order valence-electron chi connectivity index (χ0n) is 9.27. The Morgan fingerprint density at radius 2 is 2.24 bits per heavy atom. The van der Waals surface area contributed by atoms with Gasteiger partial charge in [0.15, 0.2) is 0 Å². The van der Waals surface area contributed by atoms with E-state index in [1.807, 2.05) is 0 Å². The minimum atomic E-state index is -1.18. The number of nitrogens with zero attached hydrogens (tertiary/aromatic N) is 1. The van der Waals surface area contributed by atoms with Gasteiger partial charge in [-0.2, -0.15) is 0 Å². The predicted molar refractivity (Wildman–Crippen MR) is 61.7 cm³/mol. The Balaban J connectivity index is 2.32. The van der Waals surface area contributed by atoms with E-state index >= 15 is 0 Å². The molecule has 0 aliphatic carbocycles. The van der Waals surface area contributed by atoms with Gasteiger partial charge in [-0.05, 0) is 24.6 Å². The van der Waals surface area contributed by atoms with Crippen LogP contribution in [-0.4, -0.2) is 18.4 Å². The second kappa shape index (κ2) is 4.37. The molecule has 1 amide bonds. The van der Waals surface area contributed by atoms with Crippen molar-refractivity contribution in [3.8, 4) is 0 Å². The minimum Gasteiger partial charge on any atom is -0.550 e. The minimum absolute atomic E-state index is 0.00567. The Labute approximate surface area is 104 Å². The number of carbonyl (C=O) groups is 2. The van der Waals surface area contributed by atoms with Crippen molar-refractivity contribution in [3.05, 3.63) is 28.8 Å². The van der Waals surface area contributed by atoms with Crippen LogP contribution in [-0.2, 0) is 9.59 Å². The monoisotopic (exact) mass is 252 g/mol. The number of carbonyl (C=O) groups excluding carboxylic acids is 2. The molecule has 1 atom stereocenters. The van der Waals surface area contributed by atoms with Gasteiger partial charge >= 0.3 is 0 Å². The first-order valence-electron chi connectivity index (χ1n) is 5.27. The lowest BCUT2D eigenvalue weighted by Crippen LogP contribution is -2.33. The van der Waals surface area contributed by atoms with E-state index in [0.29, 0.717) is 10.7 Å². The normalized spacial score (nSPS) is 19.8. The molecule has 0 bridgehead atoms. The summed E-state index contributed by atoms with van der Waals surface area (Å²) in [6, 6.07) is 5.23. The van der Waals surface area contributed by atoms with Crippen LogP contribution in [0.15, 0.2) is 18.2 Å². The fraction of sp³-hybridized carbons (Fsp3) is 0.333. The van der Waals surface area contributed by atoms with Gasteiger partial charge in [0, 0.05) is 35.6 Å². The Hall–Kier alpha value is -1.55. The van der Waals surface area contributed by atoms with Gasteiger partial charge in [0.1, 0.15) is 0 Å². The molecule has 5 heteroatoms. The van der Waals surface area contributed by atoms with E-state index in [-0.39, 0.29) is 18.9 Å².